The molecule has 0 radical (unpaired) electrons. The van der Waals surface area contributed by atoms with Crippen LogP contribution in [0.15, 0.2) is 0 Å². The SMILES string of the molecule is CCOC(=O)c1sc(NC(=O)CC)nc1C(F)(F)F. The molecule has 0 saturated heterocycles. The average molecular weight is 296 g/mol. The average Bonchev–Trinajstić information content (AvgIpc) is 2.73. The van der Waals surface area contributed by atoms with E-state index in [2.05, 4.69) is 15.0 Å². The molecule has 0 bridgehead atoms. The fourth-order valence-corrected chi connectivity index (χ4v) is 2.00. The van der Waals surface area contributed by atoms with Gasteiger partial charge in [-0.3, -0.25) is 4.79 Å². The second-order valence-corrected chi connectivity index (χ2v) is 4.32. The number of hydrogen-bond donors (Lipinski definition) is 1. The van der Waals surface area contributed by atoms with Crippen molar-refractivity contribution in [3.8, 4) is 0 Å². The zero-order valence-corrected chi connectivity index (χ0v) is 10.9. The van der Waals surface area contributed by atoms with Gasteiger partial charge >= 0.3 is 12.1 Å². The summed E-state index contributed by atoms with van der Waals surface area (Å²) in [6.45, 7) is 2.97. The molecule has 0 aliphatic rings. The number of anilines is 1. The van der Waals surface area contributed by atoms with Crippen LogP contribution in [0.1, 0.15) is 35.6 Å². The molecule has 1 aromatic rings. The molecule has 0 aromatic carbocycles. The van der Waals surface area contributed by atoms with Gasteiger partial charge < -0.3 is 10.1 Å². The van der Waals surface area contributed by atoms with Crippen molar-refractivity contribution >= 4 is 28.3 Å². The number of amides is 1. The molecule has 106 valence electrons. The van der Waals surface area contributed by atoms with Crippen LogP contribution in [0.5, 0.6) is 0 Å². The van der Waals surface area contributed by atoms with Crippen LogP contribution in [0.25, 0.3) is 0 Å². The summed E-state index contributed by atoms with van der Waals surface area (Å²) < 4.78 is 42.6. The first-order valence-electron chi connectivity index (χ1n) is 5.34. The Bertz CT molecular complexity index is 485. The number of halogens is 3. The molecule has 5 nitrogen and oxygen atoms in total. The van der Waals surface area contributed by atoms with Crippen LogP contribution in [0.2, 0.25) is 0 Å². The first-order chi connectivity index (χ1) is 8.79. The van der Waals surface area contributed by atoms with E-state index < -0.39 is 28.6 Å². The highest BCUT2D eigenvalue weighted by molar-refractivity contribution is 7.17. The lowest BCUT2D eigenvalue weighted by atomic mass is 10.3. The van der Waals surface area contributed by atoms with Crippen molar-refractivity contribution in [1.29, 1.82) is 0 Å². The largest absolute Gasteiger partial charge is 0.462 e. The Labute approximate surface area is 110 Å². The van der Waals surface area contributed by atoms with E-state index in [1.54, 1.807) is 6.92 Å². The van der Waals surface area contributed by atoms with Gasteiger partial charge in [-0.2, -0.15) is 13.2 Å². The standard InChI is InChI=1S/C10H11F3N2O3S/c1-3-5(16)14-9-15-7(10(11,12)13)6(19-9)8(17)18-4-2/h3-4H2,1-2H3,(H,14,15,16). The number of aromatic nitrogens is 1. The molecule has 1 heterocycles. The molecule has 0 atom stereocenters. The van der Waals surface area contributed by atoms with Gasteiger partial charge in [0, 0.05) is 6.42 Å². The fraction of sp³-hybridized carbons (Fsp3) is 0.500. The normalized spacial score (nSPS) is 11.2. The summed E-state index contributed by atoms with van der Waals surface area (Å²) in [6.07, 6.45) is -4.69. The number of rotatable bonds is 4. The number of nitrogens with one attached hydrogen (secondary N) is 1. The Kier molecular flexibility index (Phi) is 4.87. The molecule has 1 rings (SSSR count). The maximum absolute atomic E-state index is 12.7. The number of esters is 1. The summed E-state index contributed by atoms with van der Waals surface area (Å²) in [4.78, 5) is 25.1. The Morgan fingerprint density at radius 1 is 1.37 bits per heavy atom. The van der Waals surface area contributed by atoms with Gasteiger partial charge in [-0.1, -0.05) is 18.3 Å². The summed E-state index contributed by atoms with van der Waals surface area (Å²) in [7, 11) is 0. The fourth-order valence-electron chi connectivity index (χ4n) is 1.11. The van der Waals surface area contributed by atoms with Gasteiger partial charge in [0.1, 0.15) is 4.88 Å². The van der Waals surface area contributed by atoms with Crippen LogP contribution in [0.4, 0.5) is 18.3 Å². The van der Waals surface area contributed by atoms with E-state index in [9.17, 15) is 22.8 Å². The van der Waals surface area contributed by atoms with Crippen molar-refractivity contribution in [2.45, 2.75) is 26.4 Å². The van der Waals surface area contributed by atoms with E-state index in [4.69, 9.17) is 0 Å². The summed E-state index contributed by atoms with van der Waals surface area (Å²) in [5, 5.41) is 1.91. The third-order valence-corrected chi connectivity index (χ3v) is 2.87. The number of hydrogen-bond acceptors (Lipinski definition) is 5. The molecule has 0 saturated carbocycles. The first-order valence-corrected chi connectivity index (χ1v) is 6.16. The van der Waals surface area contributed by atoms with E-state index in [-0.39, 0.29) is 18.2 Å². The smallest absolute Gasteiger partial charge is 0.435 e. The number of carbonyl (C=O) groups excluding carboxylic acids is 2. The minimum atomic E-state index is -4.78. The van der Waals surface area contributed by atoms with E-state index in [0.717, 1.165) is 0 Å². The number of thiazole rings is 1. The lowest BCUT2D eigenvalue weighted by Crippen LogP contribution is -2.14. The highest BCUT2D eigenvalue weighted by Crippen LogP contribution is 2.36. The number of alkyl halides is 3. The molecule has 0 spiro atoms. The Morgan fingerprint density at radius 3 is 2.47 bits per heavy atom. The molecular formula is C10H11F3N2O3S. The molecule has 1 N–H and O–H groups in total. The summed E-state index contributed by atoms with van der Waals surface area (Å²) in [5.74, 6) is -1.60. The van der Waals surface area contributed by atoms with Gasteiger partial charge in [0.15, 0.2) is 10.8 Å². The second-order valence-electron chi connectivity index (χ2n) is 3.32. The molecule has 0 unspecified atom stereocenters. The van der Waals surface area contributed by atoms with Gasteiger partial charge in [-0.15, -0.1) is 0 Å². The van der Waals surface area contributed by atoms with Crippen LogP contribution < -0.4 is 5.32 Å². The number of carbonyl (C=O) groups is 2. The van der Waals surface area contributed by atoms with Crippen molar-refractivity contribution in [3.05, 3.63) is 10.6 Å². The van der Waals surface area contributed by atoms with E-state index in [1.165, 1.54) is 6.92 Å². The Hall–Kier alpha value is -1.64. The van der Waals surface area contributed by atoms with Crippen molar-refractivity contribution in [1.82, 2.24) is 4.98 Å². The number of ether oxygens (including phenoxy) is 1. The van der Waals surface area contributed by atoms with Crippen molar-refractivity contribution in [2.75, 3.05) is 11.9 Å². The van der Waals surface area contributed by atoms with Crippen molar-refractivity contribution in [2.24, 2.45) is 0 Å². The van der Waals surface area contributed by atoms with Gasteiger partial charge in [0.25, 0.3) is 0 Å². The summed E-state index contributed by atoms with van der Waals surface area (Å²) >= 11 is 0.441. The van der Waals surface area contributed by atoms with Gasteiger partial charge in [0.2, 0.25) is 5.91 Å². The molecule has 19 heavy (non-hydrogen) atoms. The van der Waals surface area contributed by atoms with Gasteiger partial charge in [-0.05, 0) is 6.92 Å². The maximum Gasteiger partial charge on any atom is 0.435 e. The minimum absolute atomic E-state index is 0.0509. The highest BCUT2D eigenvalue weighted by Gasteiger charge is 2.40. The van der Waals surface area contributed by atoms with Crippen molar-refractivity contribution < 1.29 is 27.5 Å². The van der Waals surface area contributed by atoms with E-state index >= 15 is 0 Å². The molecular weight excluding hydrogens is 285 g/mol. The molecule has 0 aliphatic heterocycles. The molecule has 1 aromatic heterocycles. The second kappa shape index (κ2) is 6.00. The zero-order valence-electron chi connectivity index (χ0n) is 10.1. The lowest BCUT2D eigenvalue weighted by Gasteiger charge is -2.04. The molecule has 0 fully saturated rings. The zero-order chi connectivity index (χ0) is 14.6. The minimum Gasteiger partial charge on any atom is -0.462 e. The molecule has 9 heteroatoms. The Balaban J connectivity index is 3.13. The summed E-state index contributed by atoms with van der Waals surface area (Å²) in [5.41, 5.74) is -1.35. The van der Waals surface area contributed by atoms with Crippen LogP contribution >= 0.6 is 11.3 Å². The topological polar surface area (TPSA) is 68.3 Å². The quantitative estimate of drug-likeness (QED) is 0.867. The predicted octanol–water partition coefficient (Wildman–Crippen LogP) is 2.69. The van der Waals surface area contributed by atoms with Crippen LogP contribution in [-0.2, 0) is 15.7 Å². The van der Waals surface area contributed by atoms with Crippen LogP contribution in [0.3, 0.4) is 0 Å². The molecule has 1 amide bonds. The maximum atomic E-state index is 12.7. The first kappa shape index (κ1) is 15.4. The third kappa shape index (κ3) is 3.91. The van der Waals surface area contributed by atoms with E-state index in [1.807, 2.05) is 0 Å². The van der Waals surface area contributed by atoms with Gasteiger partial charge in [-0.25, -0.2) is 9.78 Å². The number of nitrogens with zero attached hydrogens (tertiary/aromatic N) is 1. The predicted molar refractivity (Wildman–Crippen MR) is 62.0 cm³/mol. The monoisotopic (exact) mass is 296 g/mol. The van der Waals surface area contributed by atoms with E-state index in [0.29, 0.717) is 11.3 Å². The van der Waals surface area contributed by atoms with Gasteiger partial charge in [0.05, 0.1) is 6.61 Å². The molecule has 0 aliphatic carbocycles. The summed E-state index contributed by atoms with van der Waals surface area (Å²) in [6, 6.07) is 0. The third-order valence-electron chi connectivity index (χ3n) is 1.92. The lowest BCUT2D eigenvalue weighted by molar-refractivity contribution is -0.141. The van der Waals surface area contributed by atoms with Crippen LogP contribution in [0, 0.1) is 0 Å². The van der Waals surface area contributed by atoms with Crippen molar-refractivity contribution in [3.63, 3.8) is 0 Å². The van der Waals surface area contributed by atoms with Crippen LogP contribution in [-0.4, -0.2) is 23.5 Å². The highest BCUT2D eigenvalue weighted by atomic mass is 32.1. The Morgan fingerprint density at radius 2 is 2.00 bits per heavy atom.